The van der Waals surface area contributed by atoms with Crippen LogP contribution in [0.5, 0.6) is 0 Å². The fourth-order valence-corrected chi connectivity index (χ4v) is 4.14. The summed E-state index contributed by atoms with van der Waals surface area (Å²) in [6.45, 7) is 0.961. The van der Waals surface area contributed by atoms with Gasteiger partial charge in [0, 0.05) is 13.1 Å². The Hall–Kier alpha value is -1.82. The second-order valence-corrected chi connectivity index (χ2v) is 8.40. The molecule has 0 aromatic heterocycles. The molecule has 7 nitrogen and oxygen atoms in total. The van der Waals surface area contributed by atoms with Crippen LogP contribution in [0, 0.1) is 17.2 Å². The van der Waals surface area contributed by atoms with Crippen LogP contribution in [0.3, 0.4) is 0 Å². The average molecular weight is 385 g/mol. The van der Waals surface area contributed by atoms with E-state index >= 15 is 0 Å². The molecule has 0 radical (unpaired) electrons. The Labute approximate surface area is 153 Å². The molecule has 2 rings (SSSR count). The van der Waals surface area contributed by atoms with Gasteiger partial charge in [-0.3, -0.25) is 0 Å². The molecule has 1 saturated heterocycles. The predicted octanol–water partition coefficient (Wildman–Crippen LogP) is 2.20. The van der Waals surface area contributed by atoms with E-state index in [9.17, 15) is 13.2 Å². The number of hydrogen-bond acceptors (Lipinski definition) is 4. The van der Waals surface area contributed by atoms with E-state index in [0.717, 1.165) is 18.4 Å². The highest BCUT2D eigenvalue weighted by Gasteiger charge is 2.27. The number of rotatable bonds is 5. The summed E-state index contributed by atoms with van der Waals surface area (Å²) < 4.78 is 25.7. The molecular weight excluding hydrogens is 364 g/mol. The van der Waals surface area contributed by atoms with Crippen molar-refractivity contribution in [3.8, 4) is 6.07 Å². The van der Waals surface area contributed by atoms with Gasteiger partial charge in [0.05, 0.1) is 29.0 Å². The quantitative estimate of drug-likeness (QED) is 0.812. The van der Waals surface area contributed by atoms with Crippen molar-refractivity contribution in [1.82, 2.24) is 9.62 Å². The minimum Gasteiger partial charge on any atom is -0.324 e. The van der Waals surface area contributed by atoms with E-state index in [1.54, 1.807) is 23.1 Å². The largest absolute Gasteiger partial charge is 0.324 e. The Morgan fingerprint density at radius 3 is 2.88 bits per heavy atom. The smallest absolute Gasteiger partial charge is 0.321 e. The van der Waals surface area contributed by atoms with Crippen molar-refractivity contribution >= 4 is 33.3 Å². The van der Waals surface area contributed by atoms with E-state index in [0.29, 0.717) is 23.8 Å². The lowest BCUT2D eigenvalue weighted by atomic mass is 10.0. The topological polar surface area (TPSA) is 102 Å². The van der Waals surface area contributed by atoms with Crippen LogP contribution in [0.15, 0.2) is 18.2 Å². The number of piperidine rings is 1. The third-order valence-electron chi connectivity index (χ3n) is 4.13. The SMILES string of the molecule is CNS(=O)(=O)CC1CCCN(C(=O)Nc2ccc(CC#N)cc2Cl)C1. The molecular formula is C16H21ClN4O3S. The van der Waals surface area contributed by atoms with Gasteiger partial charge in [-0.25, -0.2) is 17.9 Å². The highest BCUT2D eigenvalue weighted by Crippen LogP contribution is 2.25. The van der Waals surface area contributed by atoms with E-state index in [1.165, 1.54) is 7.05 Å². The number of nitriles is 1. The number of nitrogens with one attached hydrogen (secondary N) is 2. The molecule has 1 atom stereocenters. The minimum absolute atomic E-state index is 0.0108. The Morgan fingerprint density at radius 2 is 2.24 bits per heavy atom. The van der Waals surface area contributed by atoms with Crippen molar-refractivity contribution in [2.24, 2.45) is 5.92 Å². The number of benzene rings is 1. The van der Waals surface area contributed by atoms with Crippen LogP contribution in [0.1, 0.15) is 18.4 Å². The number of carbonyl (C=O) groups is 1. The number of carbonyl (C=O) groups excluding carboxylic acids is 1. The molecule has 0 spiro atoms. The molecule has 0 saturated carbocycles. The standard InChI is InChI=1S/C16H21ClN4O3S/c1-19-25(23,24)11-13-3-2-8-21(10-13)16(22)20-15-5-4-12(6-7-18)9-14(15)17/h4-5,9,13,19H,2-3,6,8,10-11H2,1H3,(H,20,22). The average Bonchev–Trinajstić information content (AvgIpc) is 2.57. The van der Waals surface area contributed by atoms with E-state index in [4.69, 9.17) is 16.9 Å². The van der Waals surface area contributed by atoms with Gasteiger partial charge in [-0.1, -0.05) is 17.7 Å². The molecule has 0 bridgehead atoms. The Kier molecular flexibility index (Phi) is 6.64. The first kappa shape index (κ1) is 19.5. The van der Waals surface area contributed by atoms with Crippen LogP contribution in [-0.4, -0.2) is 45.2 Å². The second-order valence-electron chi connectivity index (χ2n) is 6.02. The summed E-state index contributed by atoms with van der Waals surface area (Å²) >= 11 is 6.15. The van der Waals surface area contributed by atoms with Crippen molar-refractivity contribution in [2.45, 2.75) is 19.3 Å². The molecule has 2 amide bonds. The number of halogens is 1. The lowest BCUT2D eigenvalue weighted by molar-refractivity contribution is 0.182. The number of urea groups is 1. The summed E-state index contributed by atoms with van der Waals surface area (Å²) in [5, 5.41) is 11.8. The van der Waals surface area contributed by atoms with E-state index < -0.39 is 10.0 Å². The first-order chi connectivity index (χ1) is 11.8. The molecule has 1 aromatic carbocycles. The van der Waals surface area contributed by atoms with E-state index in [1.807, 2.05) is 6.07 Å². The van der Waals surface area contributed by atoms with Crippen LogP contribution in [0.25, 0.3) is 0 Å². The van der Waals surface area contributed by atoms with Crippen molar-refractivity contribution in [2.75, 3.05) is 31.2 Å². The third kappa shape index (κ3) is 5.59. The van der Waals surface area contributed by atoms with Gasteiger partial charge in [0.2, 0.25) is 10.0 Å². The second kappa shape index (κ2) is 8.52. The number of anilines is 1. The van der Waals surface area contributed by atoms with Gasteiger partial charge in [0.25, 0.3) is 0 Å². The summed E-state index contributed by atoms with van der Waals surface area (Å²) in [6.07, 6.45) is 1.78. The Bertz CT molecular complexity index is 776. The van der Waals surface area contributed by atoms with Crippen LogP contribution < -0.4 is 10.0 Å². The molecule has 25 heavy (non-hydrogen) atoms. The molecule has 1 aliphatic rings. The summed E-state index contributed by atoms with van der Waals surface area (Å²) in [4.78, 5) is 14.1. The zero-order valence-electron chi connectivity index (χ0n) is 14.0. The van der Waals surface area contributed by atoms with Gasteiger partial charge < -0.3 is 10.2 Å². The van der Waals surface area contributed by atoms with Crippen molar-refractivity contribution in [3.05, 3.63) is 28.8 Å². The number of nitrogens with zero attached hydrogens (tertiary/aromatic N) is 2. The van der Waals surface area contributed by atoms with Crippen molar-refractivity contribution in [3.63, 3.8) is 0 Å². The van der Waals surface area contributed by atoms with E-state index in [2.05, 4.69) is 10.0 Å². The third-order valence-corrected chi connectivity index (χ3v) is 5.98. The number of sulfonamides is 1. The first-order valence-electron chi connectivity index (χ1n) is 7.97. The lowest BCUT2D eigenvalue weighted by Gasteiger charge is -2.32. The maximum atomic E-state index is 12.4. The van der Waals surface area contributed by atoms with Crippen LogP contribution >= 0.6 is 11.6 Å². The fraction of sp³-hybridized carbons (Fsp3) is 0.500. The molecule has 1 fully saturated rings. The first-order valence-corrected chi connectivity index (χ1v) is 10.00. The minimum atomic E-state index is -3.30. The normalized spacial score (nSPS) is 17.8. The van der Waals surface area contributed by atoms with Crippen LogP contribution in [0.2, 0.25) is 5.02 Å². The maximum Gasteiger partial charge on any atom is 0.321 e. The predicted molar refractivity (Wildman–Crippen MR) is 96.9 cm³/mol. The number of amides is 2. The molecule has 1 aliphatic heterocycles. The number of hydrogen-bond donors (Lipinski definition) is 2. The van der Waals surface area contributed by atoms with Crippen molar-refractivity contribution in [1.29, 1.82) is 5.26 Å². The fourth-order valence-electron chi connectivity index (χ4n) is 2.83. The van der Waals surface area contributed by atoms with Gasteiger partial charge in [-0.15, -0.1) is 0 Å². The summed E-state index contributed by atoms with van der Waals surface area (Å²) in [7, 11) is -1.91. The number of likely N-dealkylation sites (tertiary alicyclic amines) is 1. The van der Waals surface area contributed by atoms with Gasteiger partial charge in [0.15, 0.2) is 0 Å². The molecule has 1 unspecified atom stereocenters. The zero-order valence-corrected chi connectivity index (χ0v) is 15.5. The van der Waals surface area contributed by atoms with Gasteiger partial charge >= 0.3 is 6.03 Å². The lowest BCUT2D eigenvalue weighted by Crippen LogP contribution is -2.44. The highest BCUT2D eigenvalue weighted by atomic mass is 35.5. The monoisotopic (exact) mass is 384 g/mol. The zero-order chi connectivity index (χ0) is 18.4. The highest BCUT2D eigenvalue weighted by molar-refractivity contribution is 7.89. The van der Waals surface area contributed by atoms with Crippen LogP contribution in [0.4, 0.5) is 10.5 Å². The van der Waals surface area contributed by atoms with Gasteiger partial charge in [-0.2, -0.15) is 5.26 Å². The summed E-state index contributed by atoms with van der Waals surface area (Å²) in [5.74, 6) is -0.0814. The summed E-state index contributed by atoms with van der Waals surface area (Å²) in [5.41, 5.74) is 1.25. The van der Waals surface area contributed by atoms with E-state index in [-0.39, 0.29) is 24.1 Å². The Morgan fingerprint density at radius 1 is 1.48 bits per heavy atom. The molecule has 136 valence electrons. The molecule has 0 aliphatic carbocycles. The van der Waals surface area contributed by atoms with Gasteiger partial charge in [-0.05, 0) is 43.5 Å². The van der Waals surface area contributed by atoms with Crippen molar-refractivity contribution < 1.29 is 13.2 Å². The Balaban J connectivity index is 2.00. The molecule has 1 aromatic rings. The molecule has 1 heterocycles. The van der Waals surface area contributed by atoms with Gasteiger partial charge in [0.1, 0.15) is 0 Å². The van der Waals surface area contributed by atoms with Crippen LogP contribution in [-0.2, 0) is 16.4 Å². The molecule has 2 N–H and O–H groups in total. The molecule has 9 heteroatoms. The summed E-state index contributed by atoms with van der Waals surface area (Å²) in [6, 6.07) is 6.80. The maximum absolute atomic E-state index is 12.4.